The zero-order valence-corrected chi connectivity index (χ0v) is 20.8. The van der Waals surface area contributed by atoms with Crippen molar-refractivity contribution in [3.05, 3.63) is 33.4 Å². The molecule has 1 aromatic carbocycles. The number of cyclic esters (lactones) is 1. The molecule has 2 aromatic rings. The second-order valence-corrected chi connectivity index (χ2v) is 8.71. The summed E-state index contributed by atoms with van der Waals surface area (Å²) in [6.07, 6.45) is 0. The Hall–Kier alpha value is -1.60. The van der Waals surface area contributed by atoms with Crippen molar-refractivity contribution in [2.75, 3.05) is 32.6 Å². The molecule has 0 fully saturated rings. The van der Waals surface area contributed by atoms with Gasteiger partial charge in [-0.05, 0) is 22.9 Å². The molecule has 1 atom stereocenters. The van der Waals surface area contributed by atoms with Crippen LogP contribution in [0.15, 0.2) is 15.1 Å². The van der Waals surface area contributed by atoms with Crippen LogP contribution in [0.3, 0.4) is 0 Å². The molecule has 3 rings (SSSR count). The lowest BCUT2D eigenvalue weighted by molar-refractivity contribution is 0.0506. The molecule has 0 unspecified atom stereocenters. The summed E-state index contributed by atoms with van der Waals surface area (Å²) in [6.45, 7) is 2.71. The molecule has 3 N–H and O–H groups in total. The van der Waals surface area contributed by atoms with Gasteiger partial charge in [-0.15, -0.1) is 12.4 Å². The van der Waals surface area contributed by atoms with Crippen molar-refractivity contribution in [1.29, 1.82) is 0 Å². The molecule has 0 spiro atoms. The Morgan fingerprint density at radius 2 is 2.23 bits per heavy atom. The van der Waals surface area contributed by atoms with Crippen molar-refractivity contribution in [3.8, 4) is 11.5 Å². The standard InChI is InChI=1S/C18H21BrN4O5S2.ClH/c1-9-21-17(28-23-9)11-8-30-7-10-12(24)5-13(26-2)16(19)15(10)18(25)27-4-3-20-6-14(29)22-11;/h5,11,20,24H,3-4,6-8H2,1-2H3,(H,22,29);1H/t11-;/m0./s1. The molecule has 13 heteroatoms. The Morgan fingerprint density at radius 3 is 2.90 bits per heavy atom. The van der Waals surface area contributed by atoms with Gasteiger partial charge in [-0.25, -0.2) is 4.79 Å². The highest BCUT2D eigenvalue weighted by atomic mass is 79.9. The van der Waals surface area contributed by atoms with Gasteiger partial charge >= 0.3 is 5.97 Å². The van der Waals surface area contributed by atoms with Gasteiger partial charge in [0.1, 0.15) is 24.1 Å². The number of aromatic hydroxyl groups is 1. The van der Waals surface area contributed by atoms with Gasteiger partial charge in [0.25, 0.3) is 0 Å². The number of thiocarbonyl (C=S) groups is 1. The predicted molar refractivity (Wildman–Crippen MR) is 126 cm³/mol. The molecule has 0 radical (unpaired) electrons. The third-order valence-electron chi connectivity index (χ3n) is 4.24. The number of aryl methyl sites for hydroxylation is 1. The van der Waals surface area contributed by atoms with Gasteiger partial charge in [0, 0.05) is 36.2 Å². The Bertz CT molecular complexity index is 946. The summed E-state index contributed by atoms with van der Waals surface area (Å²) in [6, 6.07) is 1.15. The Kier molecular flexibility index (Phi) is 9.82. The van der Waals surface area contributed by atoms with E-state index in [1.807, 2.05) is 0 Å². The van der Waals surface area contributed by atoms with E-state index in [9.17, 15) is 9.90 Å². The molecule has 31 heavy (non-hydrogen) atoms. The molecule has 0 aliphatic carbocycles. The number of carbonyl (C=O) groups excluding carboxylic acids is 1. The van der Waals surface area contributed by atoms with Crippen LogP contribution in [0.5, 0.6) is 11.5 Å². The highest BCUT2D eigenvalue weighted by Gasteiger charge is 2.26. The van der Waals surface area contributed by atoms with E-state index in [0.717, 1.165) is 0 Å². The van der Waals surface area contributed by atoms with Crippen molar-refractivity contribution < 1.29 is 23.9 Å². The molecular weight excluding hydrogens is 532 g/mol. The van der Waals surface area contributed by atoms with Crippen molar-refractivity contribution in [1.82, 2.24) is 20.8 Å². The first-order chi connectivity index (χ1) is 14.4. The molecular formula is C18H22BrClN4O5S2. The summed E-state index contributed by atoms with van der Waals surface area (Å²) in [4.78, 5) is 17.6. The minimum atomic E-state index is -0.546. The van der Waals surface area contributed by atoms with Crippen molar-refractivity contribution in [2.45, 2.75) is 18.7 Å². The van der Waals surface area contributed by atoms with E-state index < -0.39 is 5.97 Å². The lowest BCUT2D eigenvalue weighted by Gasteiger charge is -2.20. The molecule has 9 nitrogen and oxygen atoms in total. The second kappa shape index (κ2) is 11.9. The van der Waals surface area contributed by atoms with Gasteiger partial charge in [0.05, 0.1) is 22.1 Å². The number of nitrogens with one attached hydrogen (secondary N) is 2. The highest BCUT2D eigenvalue weighted by molar-refractivity contribution is 9.10. The van der Waals surface area contributed by atoms with Crippen LogP contribution in [0.25, 0.3) is 0 Å². The van der Waals surface area contributed by atoms with Gasteiger partial charge in [0.2, 0.25) is 5.89 Å². The number of fused-ring (bicyclic) bond motifs is 1. The number of thioether (sulfide) groups is 1. The monoisotopic (exact) mass is 552 g/mol. The van der Waals surface area contributed by atoms with Crippen LogP contribution >= 0.6 is 52.3 Å². The predicted octanol–water partition coefficient (Wildman–Crippen LogP) is 2.93. The van der Waals surface area contributed by atoms with Gasteiger partial charge in [-0.3, -0.25) is 0 Å². The summed E-state index contributed by atoms with van der Waals surface area (Å²) < 4.78 is 16.4. The van der Waals surface area contributed by atoms with Crippen LogP contribution in [-0.2, 0) is 10.5 Å². The van der Waals surface area contributed by atoms with Crippen LogP contribution in [0.4, 0.5) is 0 Å². The van der Waals surface area contributed by atoms with Crippen LogP contribution in [0, 0.1) is 6.92 Å². The quantitative estimate of drug-likeness (QED) is 0.376. The number of ether oxygens (including phenoxy) is 2. The summed E-state index contributed by atoms with van der Waals surface area (Å²) >= 11 is 10.3. The number of benzene rings is 1. The van der Waals surface area contributed by atoms with Crippen LogP contribution in [0.1, 0.15) is 33.7 Å². The lowest BCUT2D eigenvalue weighted by Crippen LogP contribution is -2.37. The number of esters is 1. The number of aromatic nitrogens is 2. The first-order valence-electron chi connectivity index (χ1n) is 9.04. The lowest BCUT2D eigenvalue weighted by atomic mass is 10.1. The van der Waals surface area contributed by atoms with Gasteiger partial charge in [-0.1, -0.05) is 17.4 Å². The number of phenols is 1. The third kappa shape index (κ3) is 6.45. The Balaban J connectivity index is 0.00000341. The number of hydrogen-bond donors (Lipinski definition) is 3. The first-order valence-corrected chi connectivity index (χ1v) is 11.4. The van der Waals surface area contributed by atoms with E-state index in [2.05, 4.69) is 36.7 Å². The van der Waals surface area contributed by atoms with Crippen LogP contribution in [-0.4, -0.2) is 58.8 Å². The largest absolute Gasteiger partial charge is 0.507 e. The van der Waals surface area contributed by atoms with E-state index in [1.54, 1.807) is 6.92 Å². The number of halogens is 2. The molecule has 0 bridgehead atoms. The normalized spacial score (nSPS) is 18.1. The van der Waals surface area contributed by atoms with Gasteiger partial charge in [0.15, 0.2) is 5.82 Å². The van der Waals surface area contributed by atoms with E-state index in [1.165, 1.54) is 24.9 Å². The minimum absolute atomic E-state index is 0. The average Bonchev–Trinajstić information content (AvgIpc) is 3.14. The van der Waals surface area contributed by atoms with Crippen molar-refractivity contribution >= 4 is 63.3 Å². The average molecular weight is 554 g/mol. The maximum absolute atomic E-state index is 12.7. The molecule has 2 heterocycles. The number of rotatable bonds is 2. The SMILES string of the molecule is COc1cc(O)c2c(c1Br)C(=O)OCCNCC(=S)N[C@H](c1nc(C)no1)CSC2.Cl. The molecule has 1 aliphatic heterocycles. The molecule has 0 saturated heterocycles. The zero-order valence-electron chi connectivity index (χ0n) is 16.8. The summed E-state index contributed by atoms with van der Waals surface area (Å²) in [5.74, 6) is 1.56. The second-order valence-electron chi connectivity index (χ2n) is 6.39. The first kappa shape index (κ1) is 25.7. The smallest absolute Gasteiger partial charge is 0.339 e. The van der Waals surface area contributed by atoms with Crippen molar-refractivity contribution in [2.24, 2.45) is 0 Å². The summed E-state index contributed by atoms with van der Waals surface area (Å²) in [5.41, 5.74) is 0.691. The van der Waals surface area contributed by atoms with E-state index >= 15 is 0 Å². The molecule has 0 amide bonds. The Labute approximate surface area is 203 Å². The van der Waals surface area contributed by atoms with E-state index in [0.29, 0.717) is 57.1 Å². The maximum atomic E-state index is 12.7. The summed E-state index contributed by atoms with van der Waals surface area (Å²) in [7, 11) is 1.46. The number of nitrogens with zero attached hydrogens (tertiary/aromatic N) is 2. The fraction of sp³-hybridized carbons (Fsp3) is 0.444. The molecule has 0 saturated carbocycles. The number of hydrogen-bond acceptors (Lipinski definition) is 10. The summed E-state index contributed by atoms with van der Waals surface area (Å²) in [5, 5.41) is 20.7. The third-order valence-corrected chi connectivity index (χ3v) is 6.36. The fourth-order valence-corrected chi connectivity index (χ4v) is 4.81. The van der Waals surface area contributed by atoms with Gasteiger partial charge < -0.3 is 29.7 Å². The van der Waals surface area contributed by atoms with Crippen LogP contribution < -0.4 is 15.4 Å². The number of methoxy groups -OCH3 is 1. The highest BCUT2D eigenvalue weighted by Crippen LogP contribution is 2.39. The van der Waals surface area contributed by atoms with Crippen LogP contribution in [0.2, 0.25) is 0 Å². The number of phenolic OH excluding ortho intramolecular Hbond substituents is 1. The van der Waals surface area contributed by atoms with E-state index in [-0.39, 0.29) is 36.4 Å². The minimum Gasteiger partial charge on any atom is -0.507 e. The zero-order chi connectivity index (χ0) is 21.7. The van der Waals surface area contributed by atoms with Crippen molar-refractivity contribution in [3.63, 3.8) is 0 Å². The molecule has 1 aliphatic rings. The topological polar surface area (TPSA) is 119 Å². The number of carbonyl (C=O) groups is 1. The Morgan fingerprint density at radius 1 is 1.45 bits per heavy atom. The van der Waals surface area contributed by atoms with Gasteiger partial charge in [-0.2, -0.15) is 16.7 Å². The fourth-order valence-electron chi connectivity index (χ4n) is 2.81. The van der Waals surface area contributed by atoms with E-state index in [4.69, 9.17) is 26.2 Å². The molecule has 170 valence electrons. The molecule has 1 aromatic heterocycles. The maximum Gasteiger partial charge on any atom is 0.339 e.